The molecular weight excluding hydrogens is 286 g/mol. The zero-order chi connectivity index (χ0) is 14.9. The molecule has 0 fully saturated rings. The highest BCUT2D eigenvalue weighted by molar-refractivity contribution is 7.92. The van der Waals surface area contributed by atoms with Crippen LogP contribution in [0.3, 0.4) is 0 Å². The Labute approximate surface area is 115 Å². The fourth-order valence-corrected chi connectivity index (χ4v) is 2.82. The Morgan fingerprint density at radius 3 is 2.40 bits per heavy atom. The summed E-state index contributed by atoms with van der Waals surface area (Å²) in [6, 6.07) is 6.96. The molecular formula is C13H12F2N2O2S. The van der Waals surface area contributed by atoms with Gasteiger partial charge >= 0.3 is 0 Å². The maximum Gasteiger partial charge on any atom is 0.264 e. The lowest BCUT2D eigenvalue weighted by Gasteiger charge is -2.11. The lowest BCUT2D eigenvalue weighted by molar-refractivity contribution is 0.551. The van der Waals surface area contributed by atoms with E-state index >= 15 is 0 Å². The molecule has 7 heteroatoms. The van der Waals surface area contributed by atoms with E-state index in [-0.39, 0.29) is 11.4 Å². The van der Waals surface area contributed by atoms with E-state index in [1.54, 1.807) is 19.1 Å². The molecule has 2 rings (SSSR count). The van der Waals surface area contributed by atoms with Crippen LogP contribution in [0.2, 0.25) is 0 Å². The van der Waals surface area contributed by atoms with Crippen molar-refractivity contribution < 1.29 is 17.2 Å². The molecule has 0 spiro atoms. The Bertz CT molecular complexity index is 761. The lowest BCUT2D eigenvalue weighted by atomic mass is 10.2. The monoisotopic (exact) mass is 298 g/mol. The number of benzene rings is 2. The van der Waals surface area contributed by atoms with Gasteiger partial charge in [-0.05, 0) is 36.8 Å². The molecule has 0 aliphatic rings. The van der Waals surface area contributed by atoms with Gasteiger partial charge in [0.1, 0.15) is 16.5 Å². The van der Waals surface area contributed by atoms with Crippen molar-refractivity contribution in [3.63, 3.8) is 0 Å². The van der Waals surface area contributed by atoms with Gasteiger partial charge in [0.15, 0.2) is 0 Å². The normalized spacial score (nSPS) is 11.3. The molecule has 0 atom stereocenters. The van der Waals surface area contributed by atoms with Gasteiger partial charge in [0, 0.05) is 6.07 Å². The molecule has 0 bridgehead atoms. The number of rotatable bonds is 3. The first-order valence-electron chi connectivity index (χ1n) is 5.63. The van der Waals surface area contributed by atoms with Crippen LogP contribution in [-0.4, -0.2) is 8.42 Å². The van der Waals surface area contributed by atoms with E-state index in [0.29, 0.717) is 6.07 Å². The van der Waals surface area contributed by atoms with E-state index in [4.69, 9.17) is 5.73 Å². The average Bonchev–Trinajstić information content (AvgIpc) is 2.32. The Morgan fingerprint density at radius 2 is 1.80 bits per heavy atom. The number of hydrogen-bond donors (Lipinski definition) is 2. The number of sulfonamides is 1. The quantitative estimate of drug-likeness (QED) is 0.856. The molecule has 20 heavy (non-hydrogen) atoms. The van der Waals surface area contributed by atoms with Crippen LogP contribution in [0.15, 0.2) is 41.3 Å². The van der Waals surface area contributed by atoms with E-state index in [1.165, 1.54) is 6.07 Å². The van der Waals surface area contributed by atoms with Crippen LogP contribution in [0, 0.1) is 18.6 Å². The zero-order valence-corrected chi connectivity index (χ0v) is 11.3. The van der Waals surface area contributed by atoms with Crippen molar-refractivity contribution in [2.75, 3.05) is 10.5 Å². The van der Waals surface area contributed by atoms with Gasteiger partial charge in [-0.25, -0.2) is 17.2 Å². The molecule has 0 amide bonds. The summed E-state index contributed by atoms with van der Waals surface area (Å²) < 4.78 is 52.6. The topological polar surface area (TPSA) is 72.2 Å². The highest BCUT2D eigenvalue weighted by Gasteiger charge is 2.20. The van der Waals surface area contributed by atoms with Crippen molar-refractivity contribution in [1.29, 1.82) is 0 Å². The molecule has 2 aromatic rings. The van der Waals surface area contributed by atoms with Gasteiger partial charge in [-0.2, -0.15) is 0 Å². The van der Waals surface area contributed by atoms with Gasteiger partial charge in [0.25, 0.3) is 10.0 Å². The van der Waals surface area contributed by atoms with Gasteiger partial charge in [-0.3, -0.25) is 4.72 Å². The standard InChI is InChI=1S/C13H12F2N2O2S/c1-8-2-4-12(11(16)6-8)17-20(18,19)13-5-3-9(14)7-10(13)15/h2-7,17H,16H2,1H3. The molecule has 0 saturated carbocycles. The van der Waals surface area contributed by atoms with Crippen molar-refractivity contribution in [1.82, 2.24) is 0 Å². The number of nitrogen functional groups attached to an aromatic ring is 1. The summed E-state index contributed by atoms with van der Waals surface area (Å²) in [5.41, 5.74) is 6.90. The number of nitrogens with one attached hydrogen (secondary N) is 1. The number of anilines is 2. The number of nitrogens with two attached hydrogens (primary N) is 1. The number of halogens is 2. The first-order valence-corrected chi connectivity index (χ1v) is 7.12. The van der Waals surface area contributed by atoms with E-state index in [9.17, 15) is 17.2 Å². The molecule has 0 heterocycles. The van der Waals surface area contributed by atoms with Gasteiger partial charge in [0.2, 0.25) is 0 Å². The summed E-state index contributed by atoms with van der Waals surface area (Å²) in [6.45, 7) is 1.80. The molecule has 106 valence electrons. The second-order valence-corrected chi connectivity index (χ2v) is 5.92. The van der Waals surface area contributed by atoms with Gasteiger partial charge < -0.3 is 5.73 Å². The maximum atomic E-state index is 13.5. The van der Waals surface area contributed by atoms with Crippen molar-refractivity contribution in [3.05, 3.63) is 53.6 Å². The Balaban J connectivity index is 2.41. The fraction of sp³-hybridized carbons (Fsp3) is 0.0769. The molecule has 4 nitrogen and oxygen atoms in total. The fourth-order valence-electron chi connectivity index (χ4n) is 1.67. The third-order valence-corrected chi connectivity index (χ3v) is 4.03. The van der Waals surface area contributed by atoms with Crippen molar-refractivity contribution in [2.24, 2.45) is 0 Å². The van der Waals surface area contributed by atoms with Crippen LogP contribution in [0.25, 0.3) is 0 Å². The molecule has 0 aliphatic carbocycles. The third-order valence-electron chi connectivity index (χ3n) is 2.63. The number of aryl methyl sites for hydroxylation is 1. The van der Waals surface area contributed by atoms with Crippen molar-refractivity contribution in [2.45, 2.75) is 11.8 Å². The van der Waals surface area contributed by atoms with E-state index in [2.05, 4.69) is 4.72 Å². The Kier molecular flexibility index (Phi) is 3.63. The number of hydrogen-bond acceptors (Lipinski definition) is 3. The van der Waals surface area contributed by atoms with Gasteiger partial charge in [-0.15, -0.1) is 0 Å². The van der Waals surface area contributed by atoms with Crippen molar-refractivity contribution >= 4 is 21.4 Å². The zero-order valence-electron chi connectivity index (χ0n) is 10.5. The predicted octanol–water partition coefficient (Wildman–Crippen LogP) is 2.66. The van der Waals surface area contributed by atoms with Gasteiger partial charge in [0.05, 0.1) is 11.4 Å². The summed E-state index contributed by atoms with van der Waals surface area (Å²) in [5.74, 6) is -2.01. The molecule has 0 unspecified atom stereocenters. The molecule has 0 aromatic heterocycles. The van der Waals surface area contributed by atoms with Crippen LogP contribution >= 0.6 is 0 Å². The summed E-state index contributed by atoms with van der Waals surface area (Å²) in [4.78, 5) is -0.640. The second-order valence-electron chi connectivity index (χ2n) is 4.27. The van der Waals surface area contributed by atoms with Crippen molar-refractivity contribution in [3.8, 4) is 0 Å². The average molecular weight is 298 g/mol. The lowest BCUT2D eigenvalue weighted by Crippen LogP contribution is -2.15. The Morgan fingerprint density at radius 1 is 1.10 bits per heavy atom. The van der Waals surface area contributed by atoms with Crippen LogP contribution in [0.4, 0.5) is 20.2 Å². The highest BCUT2D eigenvalue weighted by Crippen LogP contribution is 2.24. The first kappa shape index (κ1) is 14.3. The van der Waals surface area contributed by atoms with E-state index in [0.717, 1.165) is 17.7 Å². The van der Waals surface area contributed by atoms with Crippen LogP contribution < -0.4 is 10.5 Å². The van der Waals surface area contributed by atoms with Crippen LogP contribution in [0.5, 0.6) is 0 Å². The second kappa shape index (κ2) is 5.09. The molecule has 2 aromatic carbocycles. The van der Waals surface area contributed by atoms with E-state index in [1.807, 2.05) is 0 Å². The smallest absolute Gasteiger partial charge is 0.264 e. The molecule has 3 N–H and O–H groups in total. The Hall–Kier alpha value is -2.15. The first-order chi connectivity index (χ1) is 9.29. The van der Waals surface area contributed by atoms with E-state index < -0.39 is 26.6 Å². The summed E-state index contributed by atoms with van der Waals surface area (Å²) >= 11 is 0. The molecule has 0 saturated heterocycles. The SMILES string of the molecule is Cc1ccc(NS(=O)(=O)c2ccc(F)cc2F)c(N)c1. The summed E-state index contributed by atoms with van der Waals surface area (Å²) in [7, 11) is -4.17. The van der Waals surface area contributed by atoms with Crippen LogP contribution in [0.1, 0.15) is 5.56 Å². The predicted molar refractivity (Wildman–Crippen MR) is 72.8 cm³/mol. The summed E-state index contributed by atoms with van der Waals surface area (Å²) in [5, 5.41) is 0. The largest absolute Gasteiger partial charge is 0.397 e. The van der Waals surface area contributed by atoms with Gasteiger partial charge in [-0.1, -0.05) is 6.07 Å². The van der Waals surface area contributed by atoms with Crippen LogP contribution in [-0.2, 0) is 10.0 Å². The highest BCUT2D eigenvalue weighted by atomic mass is 32.2. The summed E-state index contributed by atoms with van der Waals surface area (Å²) in [6.07, 6.45) is 0. The maximum absolute atomic E-state index is 13.5. The minimum Gasteiger partial charge on any atom is -0.397 e. The third kappa shape index (κ3) is 2.88. The molecule has 0 radical (unpaired) electrons. The minimum absolute atomic E-state index is 0.138. The minimum atomic E-state index is -4.17. The molecule has 0 aliphatic heterocycles.